The van der Waals surface area contributed by atoms with E-state index in [2.05, 4.69) is 31.2 Å². The molecule has 0 aromatic rings. The highest BCUT2D eigenvalue weighted by Crippen LogP contribution is 2.34. The fourth-order valence-corrected chi connectivity index (χ4v) is 1.79. The predicted molar refractivity (Wildman–Crippen MR) is 43.7 cm³/mol. The molecule has 1 atom stereocenters. The highest BCUT2D eigenvalue weighted by Gasteiger charge is 2.19. The fraction of sp³-hybridized carbons (Fsp3) is 0.400. The van der Waals surface area contributed by atoms with E-state index >= 15 is 0 Å². The van der Waals surface area contributed by atoms with Gasteiger partial charge >= 0.3 is 0 Å². The Labute approximate surface area is 61.9 Å². The lowest BCUT2D eigenvalue weighted by Gasteiger charge is -2.11. The highest BCUT2D eigenvalue weighted by atomic mass is 14.2. The summed E-state index contributed by atoms with van der Waals surface area (Å²) in [5.41, 5.74) is 3.08. The Balaban J connectivity index is 2.31. The Morgan fingerprint density at radius 2 is 2.40 bits per heavy atom. The second kappa shape index (κ2) is 2.12. The summed E-state index contributed by atoms with van der Waals surface area (Å²) in [5, 5.41) is 0. The van der Waals surface area contributed by atoms with Crippen LogP contribution in [0.5, 0.6) is 0 Å². The van der Waals surface area contributed by atoms with Gasteiger partial charge in [-0.1, -0.05) is 29.9 Å². The van der Waals surface area contributed by atoms with Gasteiger partial charge in [0, 0.05) is 0 Å². The molecule has 0 heteroatoms. The van der Waals surface area contributed by atoms with E-state index in [1.54, 1.807) is 11.1 Å². The lowest BCUT2D eigenvalue weighted by Crippen LogP contribution is -1.98. The third-order valence-electron chi connectivity index (χ3n) is 2.30. The molecule has 0 aromatic heterocycles. The zero-order chi connectivity index (χ0) is 6.97. The van der Waals surface area contributed by atoms with Crippen molar-refractivity contribution in [2.75, 3.05) is 0 Å². The standard InChI is InChI=1S/C10H12/c1-8-6-9-4-2-3-5-10(9)7-8/h2-4,6,10H,5,7H2,1H3. The summed E-state index contributed by atoms with van der Waals surface area (Å²) in [6.07, 6.45) is 11.5. The van der Waals surface area contributed by atoms with Crippen LogP contribution in [0.2, 0.25) is 0 Å². The molecule has 0 fully saturated rings. The van der Waals surface area contributed by atoms with E-state index in [4.69, 9.17) is 0 Å². The van der Waals surface area contributed by atoms with Crippen LogP contribution in [0.3, 0.4) is 0 Å². The number of hydrogen-bond acceptors (Lipinski definition) is 0. The fourth-order valence-electron chi connectivity index (χ4n) is 1.79. The molecule has 0 heterocycles. The van der Waals surface area contributed by atoms with Crippen LogP contribution in [-0.2, 0) is 0 Å². The summed E-state index contributed by atoms with van der Waals surface area (Å²) in [5.74, 6) is 0.824. The van der Waals surface area contributed by atoms with Crippen LogP contribution in [0.1, 0.15) is 19.8 Å². The molecule has 0 aromatic carbocycles. The van der Waals surface area contributed by atoms with Gasteiger partial charge in [-0.3, -0.25) is 0 Å². The Hall–Kier alpha value is -0.780. The van der Waals surface area contributed by atoms with Gasteiger partial charge in [0.15, 0.2) is 0 Å². The second-order valence-electron chi connectivity index (χ2n) is 3.22. The Bertz CT molecular complexity index is 228. The Morgan fingerprint density at radius 3 is 3.20 bits per heavy atom. The molecule has 52 valence electrons. The number of fused-ring (bicyclic) bond motifs is 1. The largest absolute Gasteiger partial charge is 0.0839 e. The quantitative estimate of drug-likeness (QED) is 0.475. The van der Waals surface area contributed by atoms with Gasteiger partial charge in [-0.05, 0) is 31.3 Å². The second-order valence-corrected chi connectivity index (χ2v) is 3.22. The van der Waals surface area contributed by atoms with Crippen molar-refractivity contribution in [2.45, 2.75) is 19.8 Å². The van der Waals surface area contributed by atoms with E-state index in [1.165, 1.54) is 12.8 Å². The number of rotatable bonds is 0. The normalized spacial score (nSPS) is 29.5. The molecule has 0 N–H and O–H groups in total. The molecule has 10 heavy (non-hydrogen) atoms. The average molecular weight is 132 g/mol. The summed E-state index contributed by atoms with van der Waals surface area (Å²) < 4.78 is 0. The third kappa shape index (κ3) is 0.841. The molecule has 0 radical (unpaired) electrons. The van der Waals surface area contributed by atoms with Crippen LogP contribution in [0.15, 0.2) is 35.5 Å². The molecule has 0 nitrogen and oxygen atoms in total. The van der Waals surface area contributed by atoms with E-state index in [0.717, 1.165) is 5.92 Å². The lowest BCUT2D eigenvalue weighted by molar-refractivity contribution is 0.652. The van der Waals surface area contributed by atoms with Crippen molar-refractivity contribution in [3.8, 4) is 0 Å². The molecule has 0 spiro atoms. The maximum Gasteiger partial charge on any atom is -0.00901 e. The summed E-state index contributed by atoms with van der Waals surface area (Å²) in [4.78, 5) is 0. The molecule has 0 bridgehead atoms. The highest BCUT2D eigenvalue weighted by molar-refractivity contribution is 5.37. The minimum Gasteiger partial charge on any atom is -0.0839 e. The lowest BCUT2D eigenvalue weighted by atomic mass is 9.94. The molecule has 2 rings (SSSR count). The first-order valence-electron chi connectivity index (χ1n) is 3.90. The van der Waals surface area contributed by atoms with Gasteiger partial charge in [0.2, 0.25) is 0 Å². The van der Waals surface area contributed by atoms with Crippen molar-refractivity contribution in [1.29, 1.82) is 0 Å². The molecule has 0 saturated heterocycles. The van der Waals surface area contributed by atoms with Gasteiger partial charge in [0.1, 0.15) is 0 Å². The maximum atomic E-state index is 2.33. The summed E-state index contributed by atoms with van der Waals surface area (Å²) in [6.45, 7) is 2.22. The number of hydrogen-bond donors (Lipinski definition) is 0. The van der Waals surface area contributed by atoms with Gasteiger partial charge in [-0.15, -0.1) is 0 Å². The van der Waals surface area contributed by atoms with Gasteiger partial charge in [-0.25, -0.2) is 0 Å². The van der Waals surface area contributed by atoms with E-state index < -0.39 is 0 Å². The molecule has 2 aliphatic carbocycles. The summed E-state index contributed by atoms with van der Waals surface area (Å²) in [7, 11) is 0. The van der Waals surface area contributed by atoms with Crippen molar-refractivity contribution in [3.63, 3.8) is 0 Å². The first kappa shape index (κ1) is 5.96. The van der Waals surface area contributed by atoms with Crippen molar-refractivity contribution in [1.82, 2.24) is 0 Å². The predicted octanol–water partition coefficient (Wildman–Crippen LogP) is 2.84. The number of allylic oxidation sites excluding steroid dienone is 6. The topological polar surface area (TPSA) is 0 Å². The summed E-state index contributed by atoms with van der Waals surface area (Å²) in [6, 6.07) is 0. The van der Waals surface area contributed by atoms with E-state index in [9.17, 15) is 0 Å². The zero-order valence-corrected chi connectivity index (χ0v) is 6.30. The van der Waals surface area contributed by atoms with Gasteiger partial charge in [0.25, 0.3) is 0 Å². The minimum absolute atomic E-state index is 0.824. The van der Waals surface area contributed by atoms with Gasteiger partial charge in [-0.2, -0.15) is 0 Å². The third-order valence-corrected chi connectivity index (χ3v) is 2.30. The van der Waals surface area contributed by atoms with Crippen LogP contribution in [0, 0.1) is 5.92 Å². The van der Waals surface area contributed by atoms with E-state index in [0.29, 0.717) is 0 Å². The Kier molecular flexibility index (Phi) is 1.26. The van der Waals surface area contributed by atoms with Gasteiger partial charge < -0.3 is 0 Å². The minimum atomic E-state index is 0.824. The van der Waals surface area contributed by atoms with Gasteiger partial charge in [0.05, 0.1) is 0 Å². The van der Waals surface area contributed by atoms with Crippen LogP contribution in [0.25, 0.3) is 0 Å². The Morgan fingerprint density at radius 1 is 1.50 bits per heavy atom. The van der Waals surface area contributed by atoms with Crippen LogP contribution in [-0.4, -0.2) is 0 Å². The van der Waals surface area contributed by atoms with Crippen LogP contribution >= 0.6 is 0 Å². The maximum absolute atomic E-state index is 2.33. The van der Waals surface area contributed by atoms with E-state index in [-0.39, 0.29) is 0 Å². The summed E-state index contributed by atoms with van der Waals surface area (Å²) >= 11 is 0. The molecule has 0 saturated carbocycles. The first-order valence-corrected chi connectivity index (χ1v) is 3.90. The molecule has 2 aliphatic rings. The van der Waals surface area contributed by atoms with Crippen molar-refractivity contribution >= 4 is 0 Å². The van der Waals surface area contributed by atoms with Crippen LogP contribution < -0.4 is 0 Å². The molecule has 0 amide bonds. The molecule has 1 unspecified atom stereocenters. The monoisotopic (exact) mass is 132 g/mol. The van der Waals surface area contributed by atoms with Crippen molar-refractivity contribution < 1.29 is 0 Å². The molecular weight excluding hydrogens is 120 g/mol. The SMILES string of the molecule is CC1=CC2=CC=CCC2C1. The van der Waals surface area contributed by atoms with Crippen molar-refractivity contribution in [3.05, 3.63) is 35.5 Å². The van der Waals surface area contributed by atoms with Crippen molar-refractivity contribution in [2.24, 2.45) is 5.92 Å². The average Bonchev–Trinajstić information content (AvgIpc) is 2.27. The zero-order valence-electron chi connectivity index (χ0n) is 6.30. The molecular formula is C10H12. The van der Waals surface area contributed by atoms with E-state index in [1.807, 2.05) is 0 Å². The van der Waals surface area contributed by atoms with Crippen LogP contribution in [0.4, 0.5) is 0 Å². The first-order chi connectivity index (χ1) is 4.86. The molecule has 0 aliphatic heterocycles. The smallest absolute Gasteiger partial charge is 0.00901 e.